The second kappa shape index (κ2) is 4.22. The molecule has 0 aliphatic heterocycles. The zero-order valence-electron chi connectivity index (χ0n) is 12.0. The van der Waals surface area contributed by atoms with Gasteiger partial charge in [0.15, 0.2) is 5.65 Å². The van der Waals surface area contributed by atoms with Crippen LogP contribution in [0.1, 0.15) is 56.7 Å². The van der Waals surface area contributed by atoms with Crippen molar-refractivity contribution in [3.8, 4) is 0 Å². The van der Waals surface area contributed by atoms with Crippen LogP contribution in [0, 0.1) is 12.3 Å². The lowest BCUT2D eigenvalue weighted by Gasteiger charge is -2.31. The Balaban J connectivity index is 2.07. The Bertz CT molecular complexity index is 608. The van der Waals surface area contributed by atoms with Crippen LogP contribution in [0.25, 0.3) is 5.65 Å². The molecule has 2 aromatic rings. The van der Waals surface area contributed by atoms with Crippen molar-refractivity contribution in [1.82, 2.24) is 14.6 Å². The van der Waals surface area contributed by atoms with Crippen LogP contribution in [0.15, 0.2) is 12.3 Å². The van der Waals surface area contributed by atoms with Crippen molar-refractivity contribution in [2.45, 2.75) is 52.4 Å². The Morgan fingerprint density at radius 3 is 2.74 bits per heavy atom. The van der Waals surface area contributed by atoms with E-state index in [1.807, 2.05) is 19.2 Å². The first-order valence-electron chi connectivity index (χ1n) is 7.12. The SMILES string of the molecule is Cc1cnn2c(N)cc([C@H](C)C3(C)CCCC3)nc12. The third-order valence-electron chi connectivity index (χ3n) is 4.93. The van der Waals surface area contributed by atoms with Crippen molar-refractivity contribution in [3.63, 3.8) is 0 Å². The highest BCUT2D eigenvalue weighted by Gasteiger charge is 2.36. The van der Waals surface area contributed by atoms with E-state index in [0.717, 1.165) is 16.9 Å². The quantitative estimate of drug-likeness (QED) is 0.899. The molecule has 1 aliphatic rings. The molecule has 1 saturated carbocycles. The van der Waals surface area contributed by atoms with E-state index >= 15 is 0 Å². The Morgan fingerprint density at radius 2 is 2.05 bits per heavy atom. The third-order valence-corrected chi connectivity index (χ3v) is 4.93. The molecule has 1 aliphatic carbocycles. The van der Waals surface area contributed by atoms with Crippen molar-refractivity contribution in [2.24, 2.45) is 5.41 Å². The first-order valence-corrected chi connectivity index (χ1v) is 7.12. The van der Waals surface area contributed by atoms with E-state index < -0.39 is 0 Å². The van der Waals surface area contributed by atoms with Gasteiger partial charge in [0.2, 0.25) is 0 Å². The summed E-state index contributed by atoms with van der Waals surface area (Å²) in [7, 11) is 0. The summed E-state index contributed by atoms with van der Waals surface area (Å²) in [6.45, 7) is 6.70. The summed E-state index contributed by atoms with van der Waals surface area (Å²) in [5, 5.41) is 4.26. The molecular weight excluding hydrogens is 236 g/mol. The zero-order valence-corrected chi connectivity index (χ0v) is 12.0. The highest BCUT2D eigenvalue weighted by molar-refractivity contribution is 5.52. The molecule has 0 radical (unpaired) electrons. The molecule has 4 nitrogen and oxygen atoms in total. The number of nitrogens with two attached hydrogens (primary N) is 1. The van der Waals surface area contributed by atoms with Gasteiger partial charge in [-0.25, -0.2) is 4.98 Å². The Hall–Kier alpha value is -1.58. The van der Waals surface area contributed by atoms with Crippen molar-refractivity contribution >= 4 is 11.5 Å². The minimum Gasteiger partial charge on any atom is -0.384 e. The van der Waals surface area contributed by atoms with Gasteiger partial charge in [-0.05, 0) is 25.2 Å². The molecule has 0 saturated heterocycles. The predicted molar refractivity (Wildman–Crippen MR) is 77.1 cm³/mol. The molecule has 1 fully saturated rings. The van der Waals surface area contributed by atoms with Crippen LogP contribution in [0.5, 0.6) is 0 Å². The molecule has 19 heavy (non-hydrogen) atoms. The Morgan fingerprint density at radius 1 is 1.37 bits per heavy atom. The van der Waals surface area contributed by atoms with E-state index in [1.54, 1.807) is 4.52 Å². The van der Waals surface area contributed by atoms with Crippen molar-refractivity contribution < 1.29 is 0 Å². The molecule has 0 amide bonds. The molecule has 0 aromatic carbocycles. The third kappa shape index (κ3) is 1.90. The van der Waals surface area contributed by atoms with Gasteiger partial charge in [-0.3, -0.25) is 0 Å². The summed E-state index contributed by atoms with van der Waals surface area (Å²) in [6, 6.07) is 1.99. The number of hydrogen-bond acceptors (Lipinski definition) is 3. The number of nitrogen functional groups attached to an aromatic ring is 1. The maximum absolute atomic E-state index is 6.11. The molecule has 2 N–H and O–H groups in total. The van der Waals surface area contributed by atoms with Crippen LogP contribution in [-0.4, -0.2) is 14.6 Å². The maximum atomic E-state index is 6.11. The average Bonchev–Trinajstić information content (AvgIpc) is 2.97. The van der Waals surface area contributed by atoms with Crippen molar-refractivity contribution in [2.75, 3.05) is 5.73 Å². The largest absolute Gasteiger partial charge is 0.384 e. The van der Waals surface area contributed by atoms with Crippen LogP contribution >= 0.6 is 0 Å². The van der Waals surface area contributed by atoms with Gasteiger partial charge >= 0.3 is 0 Å². The molecule has 2 heterocycles. The first-order chi connectivity index (χ1) is 9.01. The van der Waals surface area contributed by atoms with E-state index in [1.165, 1.54) is 25.7 Å². The number of aromatic nitrogens is 3. The first kappa shape index (κ1) is 12.5. The van der Waals surface area contributed by atoms with Crippen LogP contribution in [0.2, 0.25) is 0 Å². The number of nitrogens with zero attached hydrogens (tertiary/aromatic N) is 3. The Kier molecular flexibility index (Phi) is 2.77. The van der Waals surface area contributed by atoms with E-state index in [0.29, 0.717) is 17.2 Å². The molecule has 0 bridgehead atoms. The summed E-state index contributed by atoms with van der Waals surface area (Å²) in [5.41, 5.74) is 9.56. The smallest absolute Gasteiger partial charge is 0.160 e. The van der Waals surface area contributed by atoms with Gasteiger partial charge in [0.25, 0.3) is 0 Å². The van der Waals surface area contributed by atoms with E-state index in [-0.39, 0.29) is 0 Å². The van der Waals surface area contributed by atoms with Crippen LogP contribution in [0.3, 0.4) is 0 Å². The minimum atomic E-state index is 0.367. The summed E-state index contributed by atoms with van der Waals surface area (Å²) in [6.07, 6.45) is 7.08. The van der Waals surface area contributed by atoms with Gasteiger partial charge in [-0.2, -0.15) is 9.61 Å². The van der Waals surface area contributed by atoms with E-state index in [9.17, 15) is 0 Å². The highest BCUT2D eigenvalue weighted by atomic mass is 15.3. The lowest BCUT2D eigenvalue weighted by atomic mass is 9.75. The summed E-state index contributed by atoms with van der Waals surface area (Å²) in [4.78, 5) is 4.81. The van der Waals surface area contributed by atoms with E-state index in [2.05, 4.69) is 18.9 Å². The number of rotatable bonds is 2. The number of anilines is 1. The molecule has 1 atom stereocenters. The second-order valence-corrected chi connectivity index (χ2v) is 6.25. The average molecular weight is 258 g/mol. The molecular formula is C15H22N4. The summed E-state index contributed by atoms with van der Waals surface area (Å²) >= 11 is 0. The van der Waals surface area contributed by atoms with Gasteiger partial charge < -0.3 is 5.73 Å². The maximum Gasteiger partial charge on any atom is 0.160 e. The summed E-state index contributed by atoms with van der Waals surface area (Å²) < 4.78 is 1.72. The minimum absolute atomic E-state index is 0.367. The number of aryl methyl sites for hydroxylation is 1. The van der Waals surface area contributed by atoms with Crippen LogP contribution < -0.4 is 5.73 Å². The van der Waals surface area contributed by atoms with Gasteiger partial charge in [-0.15, -0.1) is 0 Å². The molecule has 0 spiro atoms. The fourth-order valence-corrected chi connectivity index (χ4v) is 3.31. The lowest BCUT2D eigenvalue weighted by Crippen LogP contribution is -2.21. The molecule has 102 valence electrons. The molecule has 3 rings (SSSR count). The van der Waals surface area contributed by atoms with Crippen LogP contribution in [-0.2, 0) is 0 Å². The second-order valence-electron chi connectivity index (χ2n) is 6.25. The number of fused-ring (bicyclic) bond motifs is 1. The predicted octanol–water partition coefficient (Wildman–Crippen LogP) is 3.30. The van der Waals surface area contributed by atoms with E-state index in [4.69, 9.17) is 10.7 Å². The Labute approximate surface area is 114 Å². The van der Waals surface area contributed by atoms with Gasteiger partial charge in [0, 0.05) is 23.2 Å². The van der Waals surface area contributed by atoms with Crippen molar-refractivity contribution in [3.05, 3.63) is 23.5 Å². The standard InChI is InChI=1S/C15H22N4/c1-10-9-17-19-13(16)8-12(18-14(10)19)11(2)15(3)6-4-5-7-15/h8-9,11H,4-7,16H2,1-3H3/t11-/m0/s1. The van der Waals surface area contributed by atoms with Crippen molar-refractivity contribution in [1.29, 1.82) is 0 Å². The van der Waals surface area contributed by atoms with Gasteiger partial charge in [0.1, 0.15) is 5.82 Å². The lowest BCUT2D eigenvalue weighted by molar-refractivity contribution is 0.272. The van der Waals surface area contributed by atoms with Gasteiger partial charge in [-0.1, -0.05) is 26.7 Å². The fourth-order valence-electron chi connectivity index (χ4n) is 3.31. The fraction of sp³-hybridized carbons (Fsp3) is 0.600. The normalized spacial score (nSPS) is 19.9. The zero-order chi connectivity index (χ0) is 13.6. The topological polar surface area (TPSA) is 56.2 Å². The van der Waals surface area contributed by atoms with Gasteiger partial charge in [0.05, 0.1) is 6.20 Å². The molecule has 4 heteroatoms. The molecule has 2 aromatic heterocycles. The van der Waals surface area contributed by atoms with Crippen LogP contribution in [0.4, 0.5) is 5.82 Å². The number of hydrogen-bond donors (Lipinski definition) is 1. The molecule has 0 unspecified atom stereocenters. The highest BCUT2D eigenvalue weighted by Crippen LogP contribution is 2.48. The monoisotopic (exact) mass is 258 g/mol. The summed E-state index contributed by atoms with van der Waals surface area (Å²) in [5.74, 6) is 1.12.